The maximum atomic E-state index is 13.5. The summed E-state index contributed by atoms with van der Waals surface area (Å²) in [5.74, 6) is 0.409. The lowest BCUT2D eigenvalue weighted by atomic mass is 9.95. The van der Waals surface area contributed by atoms with Crippen LogP contribution in [0.15, 0.2) is 78.9 Å². The summed E-state index contributed by atoms with van der Waals surface area (Å²) in [5, 5.41) is 17.7. The van der Waals surface area contributed by atoms with E-state index in [1.165, 1.54) is 5.56 Å². The molecule has 0 saturated carbocycles. The Labute approximate surface area is 192 Å². The maximum absolute atomic E-state index is 13.5. The predicted molar refractivity (Wildman–Crippen MR) is 126 cm³/mol. The van der Waals surface area contributed by atoms with Crippen LogP contribution in [-0.2, 0) is 6.42 Å². The number of ether oxygens (including phenoxy) is 1. The van der Waals surface area contributed by atoms with Gasteiger partial charge in [0, 0.05) is 17.7 Å². The summed E-state index contributed by atoms with van der Waals surface area (Å²) in [7, 11) is 0. The number of carbonyl (C=O) groups is 1. The number of hydrogen-bond acceptors (Lipinski definition) is 4. The Morgan fingerprint density at radius 1 is 1.03 bits per heavy atom. The van der Waals surface area contributed by atoms with Gasteiger partial charge in [0.2, 0.25) is 0 Å². The Kier molecular flexibility index (Phi) is 5.57. The summed E-state index contributed by atoms with van der Waals surface area (Å²) in [6, 6.07) is 25.0. The van der Waals surface area contributed by atoms with Gasteiger partial charge in [-0.3, -0.25) is 9.89 Å². The van der Waals surface area contributed by atoms with E-state index in [2.05, 4.69) is 22.3 Å². The van der Waals surface area contributed by atoms with Crippen LogP contribution in [0.2, 0.25) is 0 Å². The van der Waals surface area contributed by atoms with E-state index in [0.29, 0.717) is 24.6 Å². The van der Waals surface area contributed by atoms with Crippen molar-refractivity contribution in [2.45, 2.75) is 19.4 Å². The number of nitrogens with one attached hydrogen (secondary N) is 1. The van der Waals surface area contributed by atoms with Crippen molar-refractivity contribution >= 4 is 5.91 Å². The van der Waals surface area contributed by atoms with Crippen molar-refractivity contribution in [3.63, 3.8) is 0 Å². The Balaban J connectivity index is 1.60. The lowest BCUT2D eigenvalue weighted by molar-refractivity contribution is 0.0745. The third kappa shape index (κ3) is 3.84. The van der Waals surface area contributed by atoms with Crippen LogP contribution in [-0.4, -0.2) is 39.3 Å². The molecule has 1 aliphatic heterocycles. The molecule has 3 aromatic carbocycles. The maximum Gasteiger partial charge on any atom is 0.273 e. The molecule has 1 aliphatic rings. The van der Waals surface area contributed by atoms with Gasteiger partial charge in [0.15, 0.2) is 11.5 Å². The van der Waals surface area contributed by atoms with Crippen molar-refractivity contribution in [2.24, 2.45) is 0 Å². The summed E-state index contributed by atoms with van der Waals surface area (Å²) in [5.41, 5.74) is 5.11. The molecule has 1 atom stereocenters. The summed E-state index contributed by atoms with van der Waals surface area (Å²) in [6.07, 6.45) is 0.734. The number of hydrogen-bond donors (Lipinski definition) is 2. The molecule has 1 aromatic heterocycles. The van der Waals surface area contributed by atoms with Gasteiger partial charge >= 0.3 is 0 Å². The van der Waals surface area contributed by atoms with E-state index in [9.17, 15) is 9.90 Å². The van der Waals surface area contributed by atoms with Gasteiger partial charge in [0.05, 0.1) is 18.3 Å². The van der Waals surface area contributed by atoms with Gasteiger partial charge in [0.1, 0.15) is 5.69 Å². The minimum Gasteiger partial charge on any atom is -0.504 e. The zero-order chi connectivity index (χ0) is 22.8. The van der Waals surface area contributed by atoms with Crippen LogP contribution < -0.4 is 4.74 Å². The molecule has 0 bridgehead atoms. The Bertz CT molecular complexity index is 1270. The molecule has 6 nitrogen and oxygen atoms in total. The Morgan fingerprint density at radius 2 is 1.76 bits per heavy atom. The molecule has 4 aromatic rings. The average Bonchev–Trinajstić information content (AvgIpc) is 3.39. The molecule has 1 amide bonds. The molecule has 2 N–H and O–H groups in total. The van der Waals surface area contributed by atoms with E-state index in [1.807, 2.05) is 72.5 Å². The van der Waals surface area contributed by atoms with Crippen molar-refractivity contribution in [1.29, 1.82) is 0 Å². The van der Waals surface area contributed by atoms with Gasteiger partial charge in [-0.1, -0.05) is 66.7 Å². The second-order valence-corrected chi connectivity index (χ2v) is 8.02. The van der Waals surface area contributed by atoms with Crippen LogP contribution in [0.4, 0.5) is 0 Å². The van der Waals surface area contributed by atoms with Crippen molar-refractivity contribution in [1.82, 2.24) is 15.1 Å². The molecule has 0 saturated heterocycles. The molecule has 1 unspecified atom stereocenters. The van der Waals surface area contributed by atoms with E-state index < -0.39 is 0 Å². The van der Waals surface area contributed by atoms with Gasteiger partial charge < -0.3 is 14.7 Å². The Hall–Kier alpha value is -4.06. The standard InChI is InChI=1S/C27H25N3O3/c1-2-33-22-17-20(13-14-21(22)31)26-23-24(19-11-7-4-8-12-19)28-29-25(23)27(32)30(26)16-15-18-9-5-3-6-10-18/h3-14,17,26,31H,2,15-16H2,1H3,(H,28,29). The first-order valence-electron chi connectivity index (χ1n) is 11.1. The fourth-order valence-corrected chi connectivity index (χ4v) is 4.46. The van der Waals surface area contributed by atoms with Crippen LogP contribution in [0.25, 0.3) is 11.3 Å². The third-order valence-electron chi connectivity index (χ3n) is 5.99. The molecular formula is C27H25N3O3. The van der Waals surface area contributed by atoms with Gasteiger partial charge in [-0.25, -0.2) is 0 Å². The first-order valence-corrected chi connectivity index (χ1v) is 11.1. The zero-order valence-electron chi connectivity index (χ0n) is 18.4. The van der Waals surface area contributed by atoms with Crippen LogP contribution in [0.5, 0.6) is 11.5 Å². The fourth-order valence-electron chi connectivity index (χ4n) is 4.46. The van der Waals surface area contributed by atoms with Gasteiger partial charge in [-0.05, 0) is 36.6 Å². The highest BCUT2D eigenvalue weighted by Gasteiger charge is 2.42. The molecule has 5 rings (SSSR count). The fraction of sp³-hybridized carbons (Fsp3) is 0.185. The van der Waals surface area contributed by atoms with Crippen LogP contribution in [0.3, 0.4) is 0 Å². The van der Waals surface area contributed by atoms with Gasteiger partial charge in [-0.15, -0.1) is 0 Å². The molecule has 2 heterocycles. The lowest BCUT2D eigenvalue weighted by Gasteiger charge is -2.27. The van der Waals surface area contributed by atoms with Crippen molar-refractivity contribution < 1.29 is 14.6 Å². The normalized spacial score (nSPS) is 15.0. The Morgan fingerprint density at radius 3 is 2.48 bits per heavy atom. The van der Waals surface area contributed by atoms with Crippen molar-refractivity contribution in [3.8, 4) is 22.8 Å². The summed E-state index contributed by atoms with van der Waals surface area (Å²) >= 11 is 0. The highest BCUT2D eigenvalue weighted by atomic mass is 16.5. The molecule has 0 radical (unpaired) electrons. The molecule has 0 fully saturated rings. The number of phenols is 1. The number of carbonyl (C=O) groups excluding carboxylic acids is 1. The molecule has 6 heteroatoms. The number of aromatic nitrogens is 2. The second kappa shape index (κ2) is 8.82. The topological polar surface area (TPSA) is 78.5 Å². The van der Waals surface area contributed by atoms with Gasteiger partial charge in [0.25, 0.3) is 5.91 Å². The number of aromatic hydroxyl groups is 1. The minimum atomic E-state index is -0.343. The van der Waals surface area contributed by atoms with E-state index >= 15 is 0 Å². The predicted octanol–water partition coefficient (Wildman–Crippen LogP) is 4.97. The highest BCUT2D eigenvalue weighted by Crippen LogP contribution is 2.44. The summed E-state index contributed by atoms with van der Waals surface area (Å²) < 4.78 is 5.64. The minimum absolute atomic E-state index is 0.0772. The number of fused-ring (bicyclic) bond motifs is 1. The molecule has 0 spiro atoms. The molecule has 33 heavy (non-hydrogen) atoms. The first-order chi connectivity index (χ1) is 16.2. The number of aromatic amines is 1. The molecular weight excluding hydrogens is 414 g/mol. The SMILES string of the molecule is CCOc1cc(C2c3c(-c4ccccc4)n[nH]c3C(=O)N2CCc2ccccc2)ccc1O. The average molecular weight is 440 g/mol. The largest absolute Gasteiger partial charge is 0.504 e. The third-order valence-corrected chi connectivity index (χ3v) is 5.99. The number of rotatable bonds is 7. The monoisotopic (exact) mass is 439 g/mol. The molecule has 166 valence electrons. The first kappa shape index (κ1) is 20.8. The van der Waals surface area contributed by atoms with E-state index in [0.717, 1.165) is 28.8 Å². The lowest BCUT2D eigenvalue weighted by Crippen LogP contribution is -2.31. The van der Waals surface area contributed by atoms with E-state index in [4.69, 9.17) is 4.74 Å². The van der Waals surface area contributed by atoms with E-state index in [-0.39, 0.29) is 17.7 Å². The van der Waals surface area contributed by atoms with Crippen LogP contribution >= 0.6 is 0 Å². The molecule has 0 aliphatic carbocycles. The number of nitrogens with zero attached hydrogens (tertiary/aromatic N) is 2. The van der Waals surface area contributed by atoms with Crippen LogP contribution in [0.1, 0.15) is 40.1 Å². The number of phenolic OH excluding ortho intramolecular Hbond substituents is 1. The number of H-pyrrole nitrogens is 1. The van der Waals surface area contributed by atoms with E-state index in [1.54, 1.807) is 6.07 Å². The number of benzene rings is 3. The summed E-state index contributed by atoms with van der Waals surface area (Å²) in [6.45, 7) is 2.86. The quantitative estimate of drug-likeness (QED) is 0.426. The number of amides is 1. The van der Waals surface area contributed by atoms with Gasteiger partial charge in [-0.2, -0.15) is 5.10 Å². The van der Waals surface area contributed by atoms with Crippen LogP contribution in [0, 0.1) is 0 Å². The smallest absolute Gasteiger partial charge is 0.273 e. The van der Waals surface area contributed by atoms with Crippen molar-refractivity contribution in [2.75, 3.05) is 13.2 Å². The summed E-state index contributed by atoms with van der Waals surface area (Å²) in [4.78, 5) is 15.4. The highest BCUT2D eigenvalue weighted by molar-refractivity contribution is 6.00. The zero-order valence-corrected chi connectivity index (χ0v) is 18.4. The van der Waals surface area contributed by atoms with Crippen molar-refractivity contribution in [3.05, 3.63) is 101 Å². The second-order valence-electron chi connectivity index (χ2n) is 8.02.